The molecule has 354 valence electrons. The Labute approximate surface area is 370 Å². The van der Waals surface area contributed by atoms with Crippen LogP contribution in [0.5, 0.6) is 0 Å². The van der Waals surface area contributed by atoms with Gasteiger partial charge < -0.3 is 18.9 Å². The molecule has 0 heterocycles. The van der Waals surface area contributed by atoms with Crippen LogP contribution in [0.3, 0.4) is 0 Å². The number of rotatable bonds is 46. The third-order valence-electron chi connectivity index (χ3n) is 11.0. The summed E-state index contributed by atoms with van der Waals surface area (Å²) in [6, 6.07) is 0. The molecule has 0 aromatic rings. The van der Waals surface area contributed by atoms with Crippen molar-refractivity contribution in [2.75, 3.05) is 47.5 Å². The van der Waals surface area contributed by atoms with Crippen molar-refractivity contribution in [2.24, 2.45) is 0 Å². The summed E-state index contributed by atoms with van der Waals surface area (Å²) in [5.74, 6) is -0.803. The average Bonchev–Trinajstić information content (AvgIpc) is 3.20. The highest BCUT2D eigenvalue weighted by molar-refractivity contribution is 7.47. The topological polar surface area (TPSA) is 108 Å². The van der Waals surface area contributed by atoms with Crippen LogP contribution in [0.4, 0.5) is 0 Å². The van der Waals surface area contributed by atoms with E-state index in [0.717, 1.165) is 51.4 Å². The summed E-state index contributed by atoms with van der Waals surface area (Å²) in [5.41, 5.74) is 0. The maximum Gasteiger partial charge on any atom is 0.472 e. The Balaban J connectivity index is 3.87. The van der Waals surface area contributed by atoms with Crippen molar-refractivity contribution in [3.05, 3.63) is 24.3 Å². The van der Waals surface area contributed by atoms with Crippen LogP contribution < -0.4 is 0 Å². The molecule has 0 aliphatic carbocycles. The van der Waals surface area contributed by atoms with E-state index in [1.807, 2.05) is 21.1 Å². The van der Waals surface area contributed by atoms with Gasteiger partial charge in [0.1, 0.15) is 19.8 Å². The molecule has 1 N–H and O–H groups in total. The van der Waals surface area contributed by atoms with E-state index < -0.39 is 26.5 Å². The normalized spacial score (nSPS) is 13.6. The van der Waals surface area contributed by atoms with Crippen LogP contribution in [0.15, 0.2) is 24.3 Å². The fraction of sp³-hybridized carbons (Fsp3) is 0.880. The van der Waals surface area contributed by atoms with Gasteiger partial charge in [-0.25, -0.2) is 4.57 Å². The van der Waals surface area contributed by atoms with E-state index in [-0.39, 0.29) is 32.0 Å². The minimum absolute atomic E-state index is 0.0342. The smallest absolute Gasteiger partial charge is 0.462 e. The number of quaternary nitrogens is 1. The number of carbonyl (C=O) groups is 2. The summed E-state index contributed by atoms with van der Waals surface area (Å²) < 4.78 is 34.1. The summed E-state index contributed by atoms with van der Waals surface area (Å²) in [4.78, 5) is 35.1. The van der Waals surface area contributed by atoms with Crippen LogP contribution in [0.1, 0.15) is 232 Å². The number of hydrogen-bond donors (Lipinski definition) is 1. The molecule has 0 amide bonds. The molecule has 10 heteroatoms. The molecule has 9 nitrogen and oxygen atoms in total. The first kappa shape index (κ1) is 58.5. The number of ether oxygens (including phenoxy) is 2. The second-order valence-corrected chi connectivity index (χ2v) is 19.7. The van der Waals surface area contributed by atoms with E-state index in [1.165, 1.54) is 148 Å². The molecule has 60 heavy (non-hydrogen) atoms. The van der Waals surface area contributed by atoms with Crippen molar-refractivity contribution in [2.45, 2.75) is 238 Å². The third-order valence-corrected chi connectivity index (χ3v) is 12.0. The largest absolute Gasteiger partial charge is 0.472 e. The molecule has 0 aromatic carbocycles. The number of carbonyl (C=O) groups excluding carboxylic acids is 2. The van der Waals surface area contributed by atoms with Gasteiger partial charge in [0.15, 0.2) is 6.10 Å². The molecule has 0 fully saturated rings. The molecule has 0 saturated carbocycles. The van der Waals surface area contributed by atoms with Crippen molar-refractivity contribution in [3.63, 3.8) is 0 Å². The van der Waals surface area contributed by atoms with Gasteiger partial charge in [0.25, 0.3) is 0 Å². The van der Waals surface area contributed by atoms with E-state index in [4.69, 9.17) is 18.5 Å². The predicted molar refractivity (Wildman–Crippen MR) is 252 cm³/mol. The zero-order valence-electron chi connectivity index (χ0n) is 40.0. The summed E-state index contributed by atoms with van der Waals surface area (Å²) in [6.07, 6.45) is 48.8. The Morgan fingerprint density at radius 1 is 0.517 bits per heavy atom. The van der Waals surface area contributed by atoms with Gasteiger partial charge in [-0.05, 0) is 44.9 Å². The standard InChI is InChI=1S/C50H96NO8P/c1-6-8-10-12-13-14-15-16-17-18-19-20-21-22-23-24-25-26-27-28-29-30-31-32-33-34-35-36-37-39-41-43-50(53)59-48(46-56-49(52)42-40-38-11-9-7-2)47-58-60(54,55)57-45-44-51(3,4)5/h15-16,18-19,48H,6-14,17,20-47H2,1-5H3/p+1/b16-15-,19-18-. The van der Waals surface area contributed by atoms with E-state index in [0.29, 0.717) is 17.4 Å². The van der Waals surface area contributed by atoms with Crippen LogP contribution in [0.25, 0.3) is 0 Å². The second kappa shape index (κ2) is 42.8. The monoisotopic (exact) mass is 871 g/mol. The minimum Gasteiger partial charge on any atom is -0.462 e. The van der Waals surface area contributed by atoms with E-state index in [2.05, 4.69) is 38.2 Å². The summed E-state index contributed by atoms with van der Waals surface area (Å²) in [7, 11) is 1.48. The van der Waals surface area contributed by atoms with Crippen molar-refractivity contribution < 1.29 is 42.1 Å². The lowest BCUT2D eigenvalue weighted by Gasteiger charge is -2.24. The number of allylic oxidation sites excluding steroid dienone is 4. The first-order valence-corrected chi connectivity index (χ1v) is 26.6. The van der Waals surface area contributed by atoms with Gasteiger partial charge in [-0.15, -0.1) is 0 Å². The molecule has 0 spiro atoms. The number of esters is 2. The fourth-order valence-electron chi connectivity index (χ4n) is 7.05. The molecule has 0 saturated heterocycles. The fourth-order valence-corrected chi connectivity index (χ4v) is 7.79. The highest BCUT2D eigenvalue weighted by Gasteiger charge is 2.27. The maximum atomic E-state index is 12.7. The minimum atomic E-state index is -4.36. The third kappa shape index (κ3) is 46.0. The van der Waals surface area contributed by atoms with Gasteiger partial charge in [0, 0.05) is 12.8 Å². The van der Waals surface area contributed by atoms with Gasteiger partial charge in [-0.2, -0.15) is 0 Å². The van der Waals surface area contributed by atoms with E-state index in [1.54, 1.807) is 0 Å². The lowest BCUT2D eigenvalue weighted by Crippen LogP contribution is -2.37. The Morgan fingerprint density at radius 3 is 1.32 bits per heavy atom. The van der Waals surface area contributed by atoms with Crippen LogP contribution in [-0.4, -0.2) is 74.9 Å². The first-order valence-electron chi connectivity index (χ1n) is 25.1. The first-order chi connectivity index (χ1) is 29.0. The number of nitrogens with zero attached hydrogens (tertiary/aromatic N) is 1. The number of likely N-dealkylation sites (N-methyl/N-ethyl adjacent to an activating group) is 1. The van der Waals surface area contributed by atoms with Crippen molar-refractivity contribution in [3.8, 4) is 0 Å². The maximum absolute atomic E-state index is 12.7. The zero-order chi connectivity index (χ0) is 44.3. The van der Waals surface area contributed by atoms with Crippen LogP contribution in [-0.2, 0) is 32.7 Å². The Bertz CT molecular complexity index is 1070. The van der Waals surface area contributed by atoms with E-state index in [9.17, 15) is 19.0 Å². The molecule has 2 unspecified atom stereocenters. The zero-order valence-corrected chi connectivity index (χ0v) is 40.9. The molecular weight excluding hydrogens is 774 g/mol. The lowest BCUT2D eigenvalue weighted by atomic mass is 10.0. The Hall–Kier alpha value is -1.51. The molecule has 0 aromatic heterocycles. The van der Waals surface area contributed by atoms with Gasteiger partial charge in [-0.1, -0.05) is 199 Å². The number of phosphoric acid groups is 1. The number of phosphoric ester groups is 1. The SMILES string of the molecule is CCCCCCC/C=C\C/C=C\CCCCCCCCCCCCCCCCCCCCCC(=O)OC(COC(=O)CCCCCCC)COP(=O)(O)OCC[N+](C)(C)C. The lowest BCUT2D eigenvalue weighted by molar-refractivity contribution is -0.870. The number of hydrogen-bond acceptors (Lipinski definition) is 7. The highest BCUT2D eigenvalue weighted by atomic mass is 31.2. The van der Waals surface area contributed by atoms with Gasteiger partial charge in [0.2, 0.25) is 0 Å². The molecular formula is C50H97NO8P+. The molecule has 2 atom stereocenters. The van der Waals surface area contributed by atoms with Crippen LogP contribution >= 0.6 is 7.82 Å². The number of unbranched alkanes of at least 4 members (excludes halogenated alkanes) is 28. The average molecular weight is 871 g/mol. The van der Waals surface area contributed by atoms with Gasteiger partial charge >= 0.3 is 19.8 Å². The Kier molecular flexibility index (Phi) is 41.7. The molecule has 0 aliphatic heterocycles. The highest BCUT2D eigenvalue weighted by Crippen LogP contribution is 2.43. The van der Waals surface area contributed by atoms with Crippen molar-refractivity contribution in [1.29, 1.82) is 0 Å². The molecule has 0 bridgehead atoms. The van der Waals surface area contributed by atoms with Crippen molar-refractivity contribution in [1.82, 2.24) is 0 Å². The second-order valence-electron chi connectivity index (χ2n) is 18.2. The predicted octanol–water partition coefficient (Wildman–Crippen LogP) is 14.7. The van der Waals surface area contributed by atoms with Gasteiger partial charge in [-0.3, -0.25) is 18.6 Å². The molecule has 0 rings (SSSR count). The summed E-state index contributed by atoms with van der Waals surface area (Å²) in [6.45, 7) is 4.34. The Morgan fingerprint density at radius 2 is 0.900 bits per heavy atom. The van der Waals surface area contributed by atoms with E-state index >= 15 is 0 Å². The molecule has 0 radical (unpaired) electrons. The van der Waals surface area contributed by atoms with Crippen LogP contribution in [0.2, 0.25) is 0 Å². The van der Waals surface area contributed by atoms with Crippen molar-refractivity contribution >= 4 is 19.8 Å². The van der Waals surface area contributed by atoms with Gasteiger partial charge in [0.05, 0.1) is 27.7 Å². The quantitative estimate of drug-likeness (QED) is 0.0212. The summed E-state index contributed by atoms with van der Waals surface area (Å²) in [5, 5.41) is 0. The van der Waals surface area contributed by atoms with Crippen LogP contribution in [0, 0.1) is 0 Å². The summed E-state index contributed by atoms with van der Waals surface area (Å²) >= 11 is 0. The molecule has 0 aliphatic rings.